The highest BCUT2D eigenvalue weighted by molar-refractivity contribution is 9.10. The molecule has 2 amide bonds. The van der Waals surface area contributed by atoms with Crippen molar-refractivity contribution in [1.82, 2.24) is 10.2 Å². The molecule has 0 saturated heterocycles. The van der Waals surface area contributed by atoms with Crippen molar-refractivity contribution in [3.8, 4) is 5.75 Å². The minimum atomic E-state index is -0.838. The molecule has 0 aliphatic rings. The number of alkyl carbamates (subject to hydrolysis) is 1. The molecule has 0 spiro atoms. The number of amides is 2. The highest BCUT2D eigenvalue weighted by atomic mass is 79.9. The quantitative estimate of drug-likeness (QED) is 0.223. The van der Waals surface area contributed by atoms with E-state index in [1.165, 1.54) is 7.11 Å². The normalized spacial score (nSPS) is 12.4. The van der Waals surface area contributed by atoms with Crippen molar-refractivity contribution in [3.63, 3.8) is 0 Å². The Labute approximate surface area is 254 Å². The van der Waals surface area contributed by atoms with Crippen LogP contribution in [0.3, 0.4) is 0 Å². The van der Waals surface area contributed by atoms with Crippen molar-refractivity contribution in [2.45, 2.75) is 46.3 Å². The van der Waals surface area contributed by atoms with Crippen LogP contribution < -0.4 is 10.1 Å². The smallest absolute Gasteiger partial charge is 0.434 e. The summed E-state index contributed by atoms with van der Waals surface area (Å²) in [5.74, 6) is -0.527. The van der Waals surface area contributed by atoms with E-state index in [1.807, 2.05) is 25.9 Å². The van der Waals surface area contributed by atoms with E-state index in [0.29, 0.717) is 24.2 Å². The molecule has 0 aliphatic carbocycles. The number of rotatable bonds is 10. The number of thioether (sulfide) groups is 1. The van der Waals surface area contributed by atoms with E-state index < -0.39 is 23.6 Å². The summed E-state index contributed by atoms with van der Waals surface area (Å²) in [4.78, 5) is 35.0. The van der Waals surface area contributed by atoms with Crippen LogP contribution in [0.25, 0.3) is 0 Å². The lowest BCUT2D eigenvalue weighted by Crippen LogP contribution is -2.32. The van der Waals surface area contributed by atoms with Crippen molar-refractivity contribution < 1.29 is 28.2 Å². The van der Waals surface area contributed by atoms with Gasteiger partial charge in [-0.05, 0) is 89.0 Å². The molecule has 2 aromatic carbocycles. The molecule has 0 atom stereocenters. The van der Waals surface area contributed by atoms with Crippen LogP contribution in [0, 0.1) is 5.82 Å². The second kappa shape index (κ2) is 15.9. The van der Waals surface area contributed by atoms with E-state index in [0.717, 1.165) is 21.8 Å². The van der Waals surface area contributed by atoms with Crippen molar-refractivity contribution in [1.29, 1.82) is 0 Å². The number of aryl methyl sites for hydroxylation is 1. The van der Waals surface area contributed by atoms with Crippen molar-refractivity contribution >= 4 is 56.3 Å². The van der Waals surface area contributed by atoms with Crippen LogP contribution in [-0.4, -0.2) is 74.1 Å². The molecule has 0 unspecified atom stereocenters. The third-order valence-electron chi connectivity index (χ3n) is 5.41. The average molecular weight is 654 g/mol. The number of nitrogens with one attached hydrogen (secondary N) is 1. The number of hydrogen-bond donors (Lipinski definition) is 1. The van der Waals surface area contributed by atoms with Crippen LogP contribution in [0.1, 0.15) is 44.4 Å². The highest BCUT2D eigenvalue weighted by Crippen LogP contribution is 2.29. The maximum absolute atomic E-state index is 16.0. The van der Waals surface area contributed by atoms with Gasteiger partial charge in [-0.25, -0.2) is 19.0 Å². The topological polar surface area (TPSA) is 102 Å². The van der Waals surface area contributed by atoms with Crippen molar-refractivity contribution in [2.24, 2.45) is 9.98 Å². The Bertz CT molecular complexity index is 1290. The molecular weight excluding hydrogens is 615 g/mol. The molecule has 12 heteroatoms. The van der Waals surface area contributed by atoms with Gasteiger partial charge in [0.2, 0.25) is 0 Å². The molecule has 0 bridgehead atoms. The molecule has 0 aliphatic heterocycles. The van der Waals surface area contributed by atoms with E-state index in [2.05, 4.69) is 26.2 Å². The fraction of sp³-hybridized carbons (Fsp3) is 0.448. The van der Waals surface area contributed by atoms with E-state index in [1.54, 1.807) is 57.4 Å². The fourth-order valence-electron chi connectivity index (χ4n) is 3.40. The summed E-state index contributed by atoms with van der Waals surface area (Å²) in [6, 6.07) is 8.59. The summed E-state index contributed by atoms with van der Waals surface area (Å²) in [7, 11) is 5.03. The monoisotopic (exact) mass is 652 g/mol. The lowest BCUT2D eigenvalue weighted by atomic mass is 10.0. The number of likely N-dealkylation sites (N-methyl/N-ethyl adjacent to an activating group) is 1. The minimum Gasteiger partial charge on any atom is -0.489 e. The standard InChI is InChI=1S/C29H38BrFN4O5S/c1-9-18-14-21(24(31)23(15-18)39-13-12-35(5)6)25(26(41-8)34-28(37)38-7)33-20-10-11-22(30)19(16-20)17-32-27(36)40-29(2,3)4/h10-11,14-16H,9,12-13,17H2,1-8H3,(H,32,36)/b33-25?,34-26-. The lowest BCUT2D eigenvalue weighted by molar-refractivity contribution is 0.0523. The number of aliphatic imine (C=N–C) groups is 2. The largest absolute Gasteiger partial charge is 0.489 e. The number of benzene rings is 2. The van der Waals surface area contributed by atoms with Gasteiger partial charge in [0.25, 0.3) is 0 Å². The van der Waals surface area contributed by atoms with Crippen LogP contribution in [0.5, 0.6) is 5.75 Å². The van der Waals surface area contributed by atoms with Crippen LogP contribution >= 0.6 is 27.7 Å². The molecular formula is C29H38BrFN4O5S. The first-order chi connectivity index (χ1) is 19.3. The van der Waals surface area contributed by atoms with Crippen molar-refractivity contribution in [3.05, 3.63) is 57.3 Å². The Morgan fingerprint density at radius 2 is 1.88 bits per heavy atom. The predicted molar refractivity (Wildman–Crippen MR) is 167 cm³/mol. The molecule has 9 nitrogen and oxygen atoms in total. The van der Waals surface area contributed by atoms with E-state index in [-0.39, 0.29) is 35.2 Å². The second-order valence-electron chi connectivity index (χ2n) is 10.1. The first-order valence-corrected chi connectivity index (χ1v) is 14.9. The molecule has 0 saturated carbocycles. The first-order valence-electron chi connectivity index (χ1n) is 12.9. The molecule has 41 heavy (non-hydrogen) atoms. The molecule has 0 fully saturated rings. The number of carbonyl (C=O) groups excluding carboxylic acids is 2. The number of ether oxygens (including phenoxy) is 3. The zero-order chi connectivity index (χ0) is 30.7. The Hall–Kier alpha value is -2.96. The van der Waals surface area contributed by atoms with Gasteiger partial charge < -0.3 is 24.4 Å². The van der Waals surface area contributed by atoms with Crippen LogP contribution in [-0.2, 0) is 22.4 Å². The van der Waals surface area contributed by atoms with Gasteiger partial charge in [-0.15, -0.1) is 11.8 Å². The number of carbonyl (C=O) groups is 2. The molecule has 2 rings (SSSR count). The first kappa shape index (κ1) is 34.2. The maximum Gasteiger partial charge on any atom is 0.434 e. The summed E-state index contributed by atoms with van der Waals surface area (Å²) < 4.78 is 32.6. The summed E-state index contributed by atoms with van der Waals surface area (Å²) in [6.45, 7) is 8.34. The number of nitrogens with zero attached hydrogens (tertiary/aromatic N) is 3. The summed E-state index contributed by atoms with van der Waals surface area (Å²) in [6.07, 6.45) is 0.931. The average Bonchev–Trinajstić information content (AvgIpc) is 2.90. The second-order valence-corrected chi connectivity index (χ2v) is 11.8. The Morgan fingerprint density at radius 3 is 2.46 bits per heavy atom. The van der Waals surface area contributed by atoms with Crippen LogP contribution in [0.15, 0.2) is 44.8 Å². The molecule has 0 radical (unpaired) electrons. The Balaban J connectivity index is 2.64. The van der Waals surface area contributed by atoms with Gasteiger partial charge in [0, 0.05) is 23.1 Å². The van der Waals surface area contributed by atoms with Gasteiger partial charge >= 0.3 is 12.2 Å². The summed E-state index contributed by atoms with van der Waals surface area (Å²) >= 11 is 4.64. The third kappa shape index (κ3) is 11.1. The molecule has 0 aromatic heterocycles. The molecule has 0 heterocycles. The molecule has 1 N–H and O–H groups in total. The third-order valence-corrected chi connectivity index (χ3v) is 6.86. The van der Waals surface area contributed by atoms with E-state index in [9.17, 15) is 9.59 Å². The fourth-order valence-corrected chi connectivity index (χ4v) is 4.30. The Kier molecular flexibility index (Phi) is 13.3. The van der Waals surface area contributed by atoms with E-state index in [4.69, 9.17) is 19.2 Å². The van der Waals surface area contributed by atoms with Crippen LogP contribution in [0.4, 0.5) is 19.7 Å². The Morgan fingerprint density at radius 1 is 1.17 bits per heavy atom. The van der Waals surface area contributed by atoms with Gasteiger partial charge in [0.1, 0.15) is 23.0 Å². The summed E-state index contributed by atoms with van der Waals surface area (Å²) in [5, 5.41) is 2.89. The summed E-state index contributed by atoms with van der Waals surface area (Å²) in [5.41, 5.74) is 1.63. The molecule has 2 aromatic rings. The van der Waals surface area contributed by atoms with Gasteiger partial charge in [-0.3, -0.25) is 0 Å². The zero-order valence-corrected chi connectivity index (χ0v) is 27.2. The number of halogens is 2. The lowest BCUT2D eigenvalue weighted by Gasteiger charge is -2.20. The van der Waals surface area contributed by atoms with E-state index >= 15 is 4.39 Å². The molecule has 224 valence electrons. The number of hydrogen-bond acceptors (Lipinski definition) is 8. The SMILES string of the molecule is CCc1cc(OCCN(C)C)c(F)c(C(=Nc2ccc(Br)c(CNC(=O)OC(C)(C)C)c2)/C(=N/C(=O)OC)SC)c1. The van der Waals surface area contributed by atoms with Gasteiger partial charge in [0.15, 0.2) is 11.6 Å². The minimum absolute atomic E-state index is 0.0884. The van der Waals surface area contributed by atoms with Crippen LogP contribution in [0.2, 0.25) is 0 Å². The zero-order valence-electron chi connectivity index (χ0n) is 24.8. The van der Waals surface area contributed by atoms with Gasteiger partial charge in [0.05, 0.1) is 12.8 Å². The maximum atomic E-state index is 16.0. The number of methoxy groups -OCH3 is 1. The van der Waals surface area contributed by atoms with Crippen molar-refractivity contribution in [2.75, 3.05) is 40.6 Å². The van der Waals surface area contributed by atoms with Gasteiger partial charge in [-0.1, -0.05) is 22.9 Å². The van der Waals surface area contributed by atoms with Gasteiger partial charge in [-0.2, -0.15) is 4.99 Å². The highest BCUT2D eigenvalue weighted by Gasteiger charge is 2.22. The predicted octanol–water partition coefficient (Wildman–Crippen LogP) is 6.76.